The SMILES string of the molecule is CCn1cc(NC(=O)[C@H]2C3CCC(CC3)[C@@H]2C(=O)O)c(C(=O)NC2CCCC2)n1. The van der Waals surface area contributed by atoms with E-state index in [9.17, 15) is 19.5 Å². The molecule has 8 nitrogen and oxygen atoms in total. The summed E-state index contributed by atoms with van der Waals surface area (Å²) in [6.07, 6.45) is 9.38. The summed E-state index contributed by atoms with van der Waals surface area (Å²) in [5.41, 5.74) is 0.581. The fourth-order valence-electron chi connectivity index (χ4n) is 5.56. The number of carboxylic acids is 1. The second-order valence-electron chi connectivity index (χ2n) is 8.76. The number of rotatable bonds is 6. The quantitative estimate of drug-likeness (QED) is 0.677. The number of carbonyl (C=O) groups is 3. The number of nitrogens with zero attached hydrogens (tertiary/aromatic N) is 2. The van der Waals surface area contributed by atoms with Gasteiger partial charge < -0.3 is 15.7 Å². The van der Waals surface area contributed by atoms with E-state index in [1.165, 1.54) is 0 Å². The zero-order chi connectivity index (χ0) is 20.5. The molecule has 0 saturated heterocycles. The van der Waals surface area contributed by atoms with Crippen molar-refractivity contribution in [1.82, 2.24) is 15.1 Å². The summed E-state index contributed by atoms with van der Waals surface area (Å²) in [5.74, 6) is -2.48. The van der Waals surface area contributed by atoms with E-state index < -0.39 is 17.8 Å². The van der Waals surface area contributed by atoms with Crippen LogP contribution in [0.1, 0.15) is 68.8 Å². The summed E-state index contributed by atoms with van der Waals surface area (Å²) in [6.45, 7) is 2.49. The van der Waals surface area contributed by atoms with E-state index >= 15 is 0 Å². The third kappa shape index (κ3) is 3.89. The number of aryl methyl sites for hydroxylation is 1. The summed E-state index contributed by atoms with van der Waals surface area (Å²) in [4.78, 5) is 37.8. The molecule has 8 heteroatoms. The molecule has 1 aromatic rings. The number of nitrogens with one attached hydrogen (secondary N) is 2. The lowest BCUT2D eigenvalue weighted by Crippen LogP contribution is -2.49. The monoisotopic (exact) mass is 402 g/mol. The van der Waals surface area contributed by atoms with Crippen LogP contribution in [0.3, 0.4) is 0 Å². The molecule has 0 aliphatic heterocycles. The van der Waals surface area contributed by atoms with Gasteiger partial charge in [-0.15, -0.1) is 0 Å². The highest BCUT2D eigenvalue weighted by atomic mass is 16.4. The smallest absolute Gasteiger partial charge is 0.307 e. The number of hydrogen-bond donors (Lipinski definition) is 3. The van der Waals surface area contributed by atoms with Crippen LogP contribution in [-0.4, -0.2) is 38.7 Å². The Morgan fingerprint density at radius 2 is 1.69 bits per heavy atom. The number of amides is 2. The van der Waals surface area contributed by atoms with E-state index in [2.05, 4.69) is 15.7 Å². The summed E-state index contributed by atoms with van der Waals surface area (Å²) >= 11 is 0. The van der Waals surface area contributed by atoms with E-state index in [0.29, 0.717) is 12.2 Å². The second kappa shape index (κ2) is 8.16. The first kappa shape index (κ1) is 19.9. The van der Waals surface area contributed by atoms with Crippen molar-refractivity contribution in [3.05, 3.63) is 11.9 Å². The van der Waals surface area contributed by atoms with Crippen molar-refractivity contribution in [1.29, 1.82) is 0 Å². The lowest BCUT2D eigenvalue weighted by Gasteiger charge is -2.45. The molecule has 0 unspecified atom stereocenters. The van der Waals surface area contributed by atoms with Crippen LogP contribution in [-0.2, 0) is 16.1 Å². The van der Waals surface area contributed by atoms with Crippen LogP contribution in [0, 0.1) is 23.7 Å². The number of carbonyl (C=O) groups excluding carboxylic acids is 2. The maximum atomic E-state index is 13.1. The summed E-state index contributed by atoms with van der Waals surface area (Å²) in [7, 11) is 0. The molecule has 5 rings (SSSR count). The first-order chi connectivity index (χ1) is 14.0. The van der Waals surface area contributed by atoms with E-state index in [1.54, 1.807) is 10.9 Å². The van der Waals surface area contributed by atoms with E-state index in [-0.39, 0.29) is 35.4 Å². The minimum absolute atomic E-state index is 0.0664. The Morgan fingerprint density at radius 1 is 1.07 bits per heavy atom. The largest absolute Gasteiger partial charge is 0.481 e. The van der Waals surface area contributed by atoms with Gasteiger partial charge in [0.15, 0.2) is 5.69 Å². The van der Waals surface area contributed by atoms with Gasteiger partial charge in [-0.05, 0) is 57.3 Å². The van der Waals surface area contributed by atoms with E-state index in [0.717, 1.165) is 51.4 Å². The van der Waals surface area contributed by atoms with Gasteiger partial charge in [0, 0.05) is 18.8 Å². The molecule has 29 heavy (non-hydrogen) atoms. The highest BCUT2D eigenvalue weighted by molar-refractivity contribution is 6.03. The van der Waals surface area contributed by atoms with Gasteiger partial charge in [-0.25, -0.2) is 0 Å². The molecule has 0 spiro atoms. The predicted octanol–water partition coefficient (Wildman–Crippen LogP) is 2.65. The van der Waals surface area contributed by atoms with Crippen molar-refractivity contribution < 1.29 is 19.5 Å². The molecule has 3 N–H and O–H groups in total. The lowest BCUT2D eigenvalue weighted by atomic mass is 9.58. The number of aliphatic carboxylic acids is 1. The lowest BCUT2D eigenvalue weighted by molar-refractivity contribution is -0.156. The third-order valence-electron chi connectivity index (χ3n) is 7.06. The Kier molecular flexibility index (Phi) is 5.61. The molecule has 4 saturated carbocycles. The van der Waals surface area contributed by atoms with Crippen LogP contribution in [0.25, 0.3) is 0 Å². The summed E-state index contributed by atoms with van der Waals surface area (Å²) in [5, 5.41) is 20.0. The highest BCUT2D eigenvalue weighted by Crippen LogP contribution is 2.49. The van der Waals surface area contributed by atoms with Crippen molar-refractivity contribution >= 4 is 23.5 Å². The molecule has 0 aromatic carbocycles. The summed E-state index contributed by atoms with van der Waals surface area (Å²) < 4.78 is 1.63. The fraction of sp³-hybridized carbons (Fsp3) is 0.714. The maximum Gasteiger partial charge on any atom is 0.307 e. The molecule has 2 bridgehead atoms. The Morgan fingerprint density at radius 3 is 2.28 bits per heavy atom. The van der Waals surface area contributed by atoms with Crippen molar-refractivity contribution in [2.24, 2.45) is 23.7 Å². The van der Waals surface area contributed by atoms with Crippen LogP contribution in [0.4, 0.5) is 5.69 Å². The average molecular weight is 402 g/mol. The molecular weight excluding hydrogens is 372 g/mol. The number of hydrogen-bond acceptors (Lipinski definition) is 4. The molecule has 4 fully saturated rings. The van der Waals surface area contributed by atoms with Gasteiger partial charge in [0.2, 0.25) is 5.91 Å². The molecular formula is C21H30N4O4. The van der Waals surface area contributed by atoms with Gasteiger partial charge in [0.25, 0.3) is 5.91 Å². The molecule has 4 aliphatic carbocycles. The van der Waals surface area contributed by atoms with Crippen molar-refractivity contribution in [3.63, 3.8) is 0 Å². The minimum Gasteiger partial charge on any atom is -0.481 e. The number of anilines is 1. The molecule has 2 amide bonds. The molecule has 1 heterocycles. The van der Waals surface area contributed by atoms with E-state index in [4.69, 9.17) is 0 Å². The highest BCUT2D eigenvalue weighted by Gasteiger charge is 2.50. The van der Waals surface area contributed by atoms with Gasteiger partial charge in [-0.2, -0.15) is 5.10 Å². The number of aromatic nitrogens is 2. The van der Waals surface area contributed by atoms with Crippen LogP contribution in [0.2, 0.25) is 0 Å². The van der Waals surface area contributed by atoms with E-state index in [1.807, 2.05) is 6.92 Å². The van der Waals surface area contributed by atoms with Crippen LogP contribution >= 0.6 is 0 Å². The van der Waals surface area contributed by atoms with Crippen LogP contribution in [0.5, 0.6) is 0 Å². The standard InChI is InChI=1S/C21H30N4O4/c1-2-25-11-15(18(24-25)20(27)22-14-5-3-4-6-14)23-19(26)16-12-7-9-13(10-8-12)17(16)21(28)29/h11-14,16-17H,2-10H2,1H3,(H,22,27)(H,23,26)(H,28,29)/t12?,13?,16-,17-/m0/s1. The Balaban J connectivity index is 1.53. The Labute approximate surface area is 170 Å². The number of fused-ring (bicyclic) bond motifs is 3. The Hall–Kier alpha value is -2.38. The average Bonchev–Trinajstić information content (AvgIpc) is 3.37. The predicted molar refractivity (Wildman–Crippen MR) is 106 cm³/mol. The normalized spacial score (nSPS) is 29.0. The zero-order valence-corrected chi connectivity index (χ0v) is 16.9. The van der Waals surface area contributed by atoms with Crippen molar-refractivity contribution in [3.8, 4) is 0 Å². The molecule has 0 radical (unpaired) electrons. The topological polar surface area (TPSA) is 113 Å². The second-order valence-corrected chi connectivity index (χ2v) is 8.76. The molecule has 4 aliphatic rings. The van der Waals surface area contributed by atoms with Gasteiger partial charge >= 0.3 is 5.97 Å². The van der Waals surface area contributed by atoms with Crippen molar-refractivity contribution in [2.75, 3.05) is 5.32 Å². The molecule has 2 atom stereocenters. The maximum absolute atomic E-state index is 13.1. The van der Waals surface area contributed by atoms with Gasteiger partial charge in [0.05, 0.1) is 17.5 Å². The van der Waals surface area contributed by atoms with Crippen molar-refractivity contribution in [2.45, 2.75) is 70.9 Å². The third-order valence-corrected chi connectivity index (χ3v) is 7.06. The first-order valence-corrected chi connectivity index (χ1v) is 10.9. The Bertz CT molecular complexity index is 791. The van der Waals surface area contributed by atoms with Crippen LogP contribution < -0.4 is 10.6 Å². The first-order valence-electron chi connectivity index (χ1n) is 10.9. The number of carboxylic acid groups (broad SMARTS) is 1. The van der Waals surface area contributed by atoms with Gasteiger partial charge in [-0.3, -0.25) is 19.1 Å². The minimum atomic E-state index is -0.886. The summed E-state index contributed by atoms with van der Waals surface area (Å²) in [6, 6.07) is 0.156. The molecule has 158 valence electrons. The van der Waals surface area contributed by atoms with Gasteiger partial charge in [0.1, 0.15) is 0 Å². The molecule has 1 aromatic heterocycles. The fourth-order valence-corrected chi connectivity index (χ4v) is 5.56. The van der Waals surface area contributed by atoms with Gasteiger partial charge in [-0.1, -0.05) is 12.8 Å². The van der Waals surface area contributed by atoms with Crippen LogP contribution in [0.15, 0.2) is 6.20 Å². The zero-order valence-electron chi connectivity index (χ0n) is 16.9.